The molecule has 3 nitrogen and oxygen atoms in total. The zero-order valence-electron chi connectivity index (χ0n) is 11.2. The van der Waals surface area contributed by atoms with Crippen molar-refractivity contribution in [1.29, 1.82) is 0 Å². The molecular weight excluding hydrogens is 306 g/mol. The lowest BCUT2D eigenvalue weighted by atomic mass is 9.92. The number of ether oxygens (including phenoxy) is 1. The van der Waals surface area contributed by atoms with Gasteiger partial charge in [0.15, 0.2) is 0 Å². The highest BCUT2D eigenvalue weighted by Gasteiger charge is 2.27. The molecule has 19 heavy (non-hydrogen) atoms. The molecule has 2 atom stereocenters. The first-order valence-electron chi connectivity index (χ1n) is 6.77. The summed E-state index contributed by atoms with van der Waals surface area (Å²) in [5.74, 6) is 1.40. The first-order chi connectivity index (χ1) is 9.22. The van der Waals surface area contributed by atoms with Crippen molar-refractivity contribution in [2.24, 2.45) is 5.92 Å². The van der Waals surface area contributed by atoms with E-state index in [0.717, 1.165) is 36.0 Å². The van der Waals surface area contributed by atoms with Crippen LogP contribution in [0.2, 0.25) is 0 Å². The zero-order chi connectivity index (χ0) is 13.7. The molecule has 1 N–H and O–H groups in total. The Morgan fingerprint density at radius 3 is 3.11 bits per heavy atom. The van der Waals surface area contributed by atoms with Gasteiger partial charge < -0.3 is 10.1 Å². The molecule has 1 aliphatic rings. The fourth-order valence-electron chi connectivity index (χ4n) is 2.30. The van der Waals surface area contributed by atoms with Crippen LogP contribution in [-0.2, 0) is 4.79 Å². The number of halogens is 1. The van der Waals surface area contributed by atoms with Crippen molar-refractivity contribution in [2.75, 3.05) is 18.5 Å². The van der Waals surface area contributed by atoms with Crippen molar-refractivity contribution in [3.8, 4) is 5.75 Å². The molecule has 0 bridgehead atoms. The third-order valence-electron chi connectivity index (χ3n) is 3.50. The van der Waals surface area contributed by atoms with Crippen LogP contribution in [0.1, 0.15) is 31.2 Å². The minimum Gasteiger partial charge on any atom is -0.493 e. The molecule has 104 valence electrons. The highest BCUT2D eigenvalue weighted by atomic mass is 79.9. The van der Waals surface area contributed by atoms with Gasteiger partial charge in [-0.25, -0.2) is 0 Å². The lowest BCUT2D eigenvalue weighted by Gasteiger charge is -2.25. The highest BCUT2D eigenvalue weighted by molar-refractivity contribution is 9.09. The van der Waals surface area contributed by atoms with Gasteiger partial charge in [-0.3, -0.25) is 4.79 Å². The van der Waals surface area contributed by atoms with Crippen LogP contribution >= 0.6 is 15.9 Å². The maximum absolute atomic E-state index is 12.3. The largest absolute Gasteiger partial charge is 0.493 e. The van der Waals surface area contributed by atoms with E-state index >= 15 is 0 Å². The number of amides is 1. The van der Waals surface area contributed by atoms with Gasteiger partial charge in [-0.2, -0.15) is 0 Å². The van der Waals surface area contributed by atoms with Crippen LogP contribution in [0.4, 0.5) is 0 Å². The van der Waals surface area contributed by atoms with Crippen LogP contribution in [-0.4, -0.2) is 24.4 Å². The van der Waals surface area contributed by atoms with Gasteiger partial charge in [0.25, 0.3) is 0 Å². The van der Waals surface area contributed by atoms with Crippen LogP contribution < -0.4 is 10.1 Å². The minimum atomic E-state index is -0.0684. The Labute approximate surface area is 122 Å². The molecule has 1 amide bonds. The number of hydrogen-bond donors (Lipinski definition) is 1. The number of nitrogens with one attached hydrogen (secondary N) is 1. The molecule has 0 fully saturated rings. The van der Waals surface area contributed by atoms with Crippen LogP contribution in [0.15, 0.2) is 24.3 Å². The first-order valence-corrected chi connectivity index (χ1v) is 7.90. The molecular formula is C15H20BrNO2. The summed E-state index contributed by atoms with van der Waals surface area (Å²) in [7, 11) is 0. The standard InChI is InChI=1S/C15H20BrNO2/c1-11(6-8-16)10-17-15(18)13-7-9-19-14-5-3-2-4-12(13)14/h2-5,11,13H,6-10H2,1H3,(H,17,18). The summed E-state index contributed by atoms with van der Waals surface area (Å²) in [5, 5.41) is 4.04. The molecule has 0 radical (unpaired) electrons. The molecule has 1 aromatic rings. The quantitative estimate of drug-likeness (QED) is 0.845. The molecule has 0 spiro atoms. The Balaban J connectivity index is 1.97. The van der Waals surface area contributed by atoms with Crippen LogP contribution in [0, 0.1) is 5.92 Å². The second kappa shape index (κ2) is 6.94. The number of benzene rings is 1. The third-order valence-corrected chi connectivity index (χ3v) is 3.96. The monoisotopic (exact) mass is 325 g/mol. The number of para-hydroxylation sites is 1. The maximum atomic E-state index is 12.3. The van der Waals surface area contributed by atoms with Gasteiger partial charge in [-0.05, 0) is 24.8 Å². The average molecular weight is 326 g/mol. The predicted molar refractivity (Wildman–Crippen MR) is 79.9 cm³/mol. The van der Waals surface area contributed by atoms with Crippen molar-refractivity contribution in [2.45, 2.75) is 25.7 Å². The van der Waals surface area contributed by atoms with E-state index in [1.165, 1.54) is 0 Å². The Morgan fingerprint density at radius 2 is 2.32 bits per heavy atom. The predicted octanol–water partition coefficient (Wildman–Crippen LogP) is 3.09. The van der Waals surface area contributed by atoms with Crippen molar-refractivity contribution in [1.82, 2.24) is 5.32 Å². The zero-order valence-corrected chi connectivity index (χ0v) is 12.8. The molecule has 2 rings (SSSR count). The number of hydrogen-bond acceptors (Lipinski definition) is 2. The van der Waals surface area contributed by atoms with Crippen molar-refractivity contribution in [3.05, 3.63) is 29.8 Å². The molecule has 1 aromatic carbocycles. The maximum Gasteiger partial charge on any atom is 0.227 e. The number of fused-ring (bicyclic) bond motifs is 1. The second-order valence-corrected chi connectivity index (χ2v) is 5.85. The number of carbonyl (C=O) groups excluding carboxylic acids is 1. The topological polar surface area (TPSA) is 38.3 Å². The van der Waals surface area contributed by atoms with Crippen molar-refractivity contribution in [3.63, 3.8) is 0 Å². The van der Waals surface area contributed by atoms with Gasteiger partial charge in [-0.1, -0.05) is 41.1 Å². The average Bonchev–Trinajstić information content (AvgIpc) is 2.44. The van der Waals surface area contributed by atoms with Gasteiger partial charge in [0.05, 0.1) is 12.5 Å². The lowest BCUT2D eigenvalue weighted by Crippen LogP contribution is -2.35. The van der Waals surface area contributed by atoms with Gasteiger partial charge >= 0.3 is 0 Å². The van der Waals surface area contributed by atoms with E-state index in [-0.39, 0.29) is 11.8 Å². The normalized spacial score (nSPS) is 19.2. The lowest BCUT2D eigenvalue weighted by molar-refractivity contribution is -0.123. The fraction of sp³-hybridized carbons (Fsp3) is 0.533. The van der Waals surface area contributed by atoms with Crippen molar-refractivity contribution < 1.29 is 9.53 Å². The molecule has 1 aliphatic heterocycles. The first kappa shape index (κ1) is 14.4. The van der Waals surface area contributed by atoms with E-state index in [1.54, 1.807) is 0 Å². The van der Waals surface area contributed by atoms with E-state index in [2.05, 4.69) is 28.2 Å². The third kappa shape index (κ3) is 3.72. The summed E-state index contributed by atoms with van der Waals surface area (Å²) < 4.78 is 5.58. The molecule has 0 saturated heterocycles. The van der Waals surface area contributed by atoms with Crippen molar-refractivity contribution >= 4 is 21.8 Å². The number of rotatable bonds is 5. The summed E-state index contributed by atoms with van der Waals surface area (Å²) >= 11 is 3.43. The second-order valence-electron chi connectivity index (χ2n) is 5.06. The molecule has 2 unspecified atom stereocenters. The Hall–Kier alpha value is -1.03. The summed E-state index contributed by atoms with van der Waals surface area (Å²) in [5.41, 5.74) is 1.01. The van der Waals surface area contributed by atoms with E-state index in [4.69, 9.17) is 4.74 Å². The summed E-state index contributed by atoms with van der Waals surface area (Å²) in [6.45, 7) is 3.51. The van der Waals surface area contributed by atoms with Crippen LogP contribution in [0.5, 0.6) is 5.75 Å². The number of carbonyl (C=O) groups is 1. The Kier molecular flexibility index (Phi) is 5.25. The Morgan fingerprint density at radius 1 is 1.53 bits per heavy atom. The van der Waals surface area contributed by atoms with E-state index < -0.39 is 0 Å². The van der Waals surface area contributed by atoms with Gasteiger partial charge in [-0.15, -0.1) is 0 Å². The summed E-state index contributed by atoms with van der Waals surface area (Å²) in [6, 6.07) is 7.82. The van der Waals surface area contributed by atoms with E-state index in [0.29, 0.717) is 12.5 Å². The van der Waals surface area contributed by atoms with E-state index in [1.807, 2.05) is 24.3 Å². The SMILES string of the molecule is CC(CCBr)CNC(=O)C1CCOc2ccccc21. The molecule has 0 saturated carbocycles. The molecule has 1 heterocycles. The highest BCUT2D eigenvalue weighted by Crippen LogP contribution is 2.33. The van der Waals surface area contributed by atoms with Crippen LogP contribution in [0.3, 0.4) is 0 Å². The van der Waals surface area contributed by atoms with Gasteiger partial charge in [0.1, 0.15) is 5.75 Å². The Bertz CT molecular complexity index is 436. The molecule has 0 aromatic heterocycles. The van der Waals surface area contributed by atoms with Gasteiger partial charge in [0, 0.05) is 17.4 Å². The van der Waals surface area contributed by atoms with E-state index in [9.17, 15) is 4.79 Å². The summed E-state index contributed by atoms with van der Waals surface area (Å²) in [4.78, 5) is 12.3. The number of alkyl halides is 1. The fourth-order valence-corrected chi connectivity index (χ4v) is 3.08. The molecule has 0 aliphatic carbocycles. The molecule has 4 heteroatoms. The minimum absolute atomic E-state index is 0.0684. The van der Waals surface area contributed by atoms with Crippen LogP contribution in [0.25, 0.3) is 0 Å². The van der Waals surface area contributed by atoms with Gasteiger partial charge in [0.2, 0.25) is 5.91 Å². The smallest absolute Gasteiger partial charge is 0.227 e. The summed E-state index contributed by atoms with van der Waals surface area (Å²) in [6.07, 6.45) is 1.83.